The predicted molar refractivity (Wildman–Crippen MR) is 126 cm³/mol. The van der Waals surface area contributed by atoms with Crippen LogP contribution in [0.15, 0.2) is 0 Å². The van der Waals surface area contributed by atoms with E-state index < -0.39 is 11.2 Å². The summed E-state index contributed by atoms with van der Waals surface area (Å²) in [5.74, 6) is 1.02. The number of amides is 2. The van der Waals surface area contributed by atoms with Gasteiger partial charge in [-0.15, -0.1) is 0 Å². The van der Waals surface area contributed by atoms with Crippen LogP contribution >= 0.6 is 0 Å². The molecule has 0 bridgehead atoms. The summed E-state index contributed by atoms with van der Waals surface area (Å²) in [4.78, 5) is 24.3. The Hall–Kier alpha value is -0.421. The van der Waals surface area contributed by atoms with Crippen LogP contribution in [0.1, 0.15) is 82.1 Å². The number of hydrogen-bond acceptors (Lipinski definition) is 4. The number of carbonyl (C=O) groups is 2. The molecule has 2 N–H and O–H groups in total. The van der Waals surface area contributed by atoms with Gasteiger partial charge in [0.15, 0.2) is 0 Å². The Kier molecular flexibility index (Phi) is 13.7. The van der Waals surface area contributed by atoms with Crippen LogP contribution in [0.25, 0.3) is 0 Å². The molecule has 0 rings (SSSR count). The summed E-state index contributed by atoms with van der Waals surface area (Å²) in [6, 6.07) is 0.285. The van der Waals surface area contributed by atoms with E-state index in [1.54, 1.807) is 0 Å². The van der Waals surface area contributed by atoms with Crippen molar-refractivity contribution in [3.8, 4) is 0 Å². The van der Waals surface area contributed by atoms with Crippen molar-refractivity contribution in [3.05, 3.63) is 0 Å². The molecule has 0 fully saturated rings. The van der Waals surface area contributed by atoms with Crippen molar-refractivity contribution in [2.45, 2.75) is 116 Å². The summed E-state index contributed by atoms with van der Waals surface area (Å²) in [5, 5.41) is 8.10. The molecular formula is C22H44N2O4Se2. The van der Waals surface area contributed by atoms with Crippen LogP contribution in [0.4, 0.5) is 9.59 Å². The number of rotatable bonds is 11. The minimum atomic E-state index is -0.487. The quantitative estimate of drug-likeness (QED) is 0.276. The number of carbonyl (C=O) groups excluding carboxylic acids is 2. The van der Waals surface area contributed by atoms with Gasteiger partial charge in [-0.1, -0.05) is 0 Å². The van der Waals surface area contributed by atoms with E-state index >= 15 is 0 Å². The Morgan fingerprint density at radius 1 is 0.700 bits per heavy atom. The van der Waals surface area contributed by atoms with E-state index in [1.807, 2.05) is 41.5 Å². The third-order valence-corrected chi connectivity index (χ3v) is 11.0. The summed E-state index contributed by atoms with van der Waals surface area (Å²) in [6.07, 6.45) is 1.23. The van der Waals surface area contributed by atoms with Crippen LogP contribution in [0, 0.1) is 11.8 Å². The molecule has 0 spiro atoms. The van der Waals surface area contributed by atoms with E-state index in [2.05, 4.69) is 38.3 Å². The topological polar surface area (TPSA) is 76.7 Å². The van der Waals surface area contributed by atoms with Crippen LogP contribution < -0.4 is 10.6 Å². The van der Waals surface area contributed by atoms with Crippen LogP contribution in [0.2, 0.25) is 10.6 Å². The van der Waals surface area contributed by atoms with Gasteiger partial charge >= 0.3 is 196 Å². The Morgan fingerprint density at radius 2 is 1.00 bits per heavy atom. The van der Waals surface area contributed by atoms with Crippen molar-refractivity contribution in [1.29, 1.82) is 0 Å². The fourth-order valence-corrected chi connectivity index (χ4v) is 10.4. The molecule has 2 atom stereocenters. The SMILES string of the molecule is CC(C)C[C@@H](C[Se][Se]C[C@H](CC(C)C)NC(=O)OC(C)(C)C)NC(=O)OC(C)(C)C. The molecule has 0 saturated carbocycles. The molecule has 0 aliphatic carbocycles. The van der Waals surface area contributed by atoms with Crippen molar-refractivity contribution in [1.82, 2.24) is 10.6 Å². The minimum absolute atomic E-state index is 0.143. The van der Waals surface area contributed by atoms with Gasteiger partial charge in [-0.2, -0.15) is 0 Å². The zero-order chi connectivity index (χ0) is 23.5. The molecule has 0 aromatic rings. The second-order valence-corrected chi connectivity index (χ2v) is 18.0. The first-order valence-corrected chi connectivity index (χ1v) is 17.6. The molecule has 0 radical (unpaired) electrons. The first-order valence-electron chi connectivity index (χ1n) is 10.8. The molecular weight excluding hydrogens is 514 g/mol. The van der Waals surface area contributed by atoms with E-state index in [0.29, 0.717) is 38.1 Å². The Balaban J connectivity index is 4.61. The molecule has 0 saturated heterocycles. The molecule has 0 aliphatic rings. The van der Waals surface area contributed by atoms with E-state index in [4.69, 9.17) is 9.47 Å². The number of hydrogen-bond donors (Lipinski definition) is 2. The number of alkyl carbamates (subject to hydrolysis) is 2. The standard InChI is InChI=1S/C22H44N2O4Se2/c1-15(2)11-17(23-19(25)27-21(5,6)7)13-29-30-14-18(12-16(3)4)24-20(26)28-22(8,9)10/h15-18H,11-14H2,1-10H3,(H,23,25)(H,24,26)/t17-,18-/m0/s1. The van der Waals surface area contributed by atoms with Crippen molar-refractivity contribution >= 4 is 38.4 Å². The summed E-state index contributed by atoms with van der Waals surface area (Å²) in [6.45, 7) is 20.0. The van der Waals surface area contributed by atoms with Crippen molar-refractivity contribution < 1.29 is 19.1 Å². The monoisotopic (exact) mass is 560 g/mol. The maximum absolute atomic E-state index is 12.2. The van der Waals surface area contributed by atoms with Gasteiger partial charge < -0.3 is 0 Å². The van der Waals surface area contributed by atoms with Crippen LogP contribution in [0.5, 0.6) is 0 Å². The molecule has 0 aromatic carbocycles. The van der Waals surface area contributed by atoms with E-state index in [1.165, 1.54) is 0 Å². The Morgan fingerprint density at radius 3 is 1.23 bits per heavy atom. The fourth-order valence-electron chi connectivity index (χ4n) is 2.68. The zero-order valence-electron chi connectivity index (χ0n) is 20.6. The van der Waals surface area contributed by atoms with Gasteiger partial charge in [0, 0.05) is 0 Å². The molecule has 2 amide bonds. The van der Waals surface area contributed by atoms with Crippen LogP contribution in [0.3, 0.4) is 0 Å². The van der Waals surface area contributed by atoms with Crippen molar-refractivity contribution in [2.24, 2.45) is 11.8 Å². The summed E-state index contributed by atoms with van der Waals surface area (Å²) < 4.78 is 10.8. The van der Waals surface area contributed by atoms with Gasteiger partial charge in [0.1, 0.15) is 0 Å². The average Bonchev–Trinajstić information content (AvgIpc) is 2.45. The first kappa shape index (κ1) is 29.6. The van der Waals surface area contributed by atoms with Crippen LogP contribution in [-0.4, -0.2) is 61.7 Å². The molecule has 30 heavy (non-hydrogen) atoms. The first-order chi connectivity index (χ1) is 13.6. The van der Waals surface area contributed by atoms with Gasteiger partial charge in [0.2, 0.25) is 0 Å². The molecule has 0 aliphatic heterocycles. The Labute approximate surface area is 195 Å². The molecule has 6 nitrogen and oxygen atoms in total. The Bertz CT molecular complexity index is 468. The zero-order valence-corrected chi connectivity index (χ0v) is 24.0. The van der Waals surface area contributed by atoms with E-state index in [9.17, 15) is 9.59 Å². The van der Waals surface area contributed by atoms with E-state index in [-0.39, 0.29) is 24.3 Å². The second-order valence-electron chi connectivity index (χ2n) is 10.5. The predicted octanol–water partition coefficient (Wildman–Crippen LogP) is 5.03. The number of ether oxygens (including phenoxy) is 2. The molecule has 178 valence electrons. The van der Waals surface area contributed by atoms with Crippen molar-refractivity contribution in [2.75, 3.05) is 0 Å². The number of nitrogens with one attached hydrogen (secondary N) is 2. The molecule has 0 aromatic heterocycles. The fraction of sp³-hybridized carbons (Fsp3) is 0.909. The van der Waals surface area contributed by atoms with Gasteiger partial charge in [0.25, 0.3) is 0 Å². The van der Waals surface area contributed by atoms with Gasteiger partial charge in [-0.25, -0.2) is 0 Å². The van der Waals surface area contributed by atoms with E-state index in [0.717, 1.165) is 23.5 Å². The molecule has 8 heteroatoms. The van der Waals surface area contributed by atoms with Gasteiger partial charge in [0.05, 0.1) is 0 Å². The summed E-state index contributed by atoms with van der Waals surface area (Å²) >= 11 is 0.874. The van der Waals surface area contributed by atoms with Crippen molar-refractivity contribution in [3.63, 3.8) is 0 Å². The summed E-state index contributed by atoms with van der Waals surface area (Å²) in [5.41, 5.74) is -0.974. The van der Waals surface area contributed by atoms with Gasteiger partial charge in [-0.3, -0.25) is 0 Å². The third kappa shape index (κ3) is 18.4. The molecule has 0 heterocycles. The third-order valence-electron chi connectivity index (χ3n) is 3.58. The second kappa shape index (κ2) is 13.9. The summed E-state index contributed by atoms with van der Waals surface area (Å²) in [7, 11) is 0. The van der Waals surface area contributed by atoms with Crippen LogP contribution in [-0.2, 0) is 9.47 Å². The molecule has 0 unspecified atom stereocenters. The maximum atomic E-state index is 12.2. The average molecular weight is 559 g/mol. The normalized spacial score (nSPS) is 14.4. The van der Waals surface area contributed by atoms with Gasteiger partial charge in [-0.05, 0) is 0 Å².